The van der Waals surface area contributed by atoms with Crippen molar-refractivity contribution in [2.45, 2.75) is 44.7 Å². The van der Waals surface area contributed by atoms with Gasteiger partial charge in [-0.2, -0.15) is 4.31 Å². The van der Waals surface area contributed by atoms with Crippen LogP contribution in [0.25, 0.3) is 0 Å². The lowest BCUT2D eigenvalue weighted by molar-refractivity contribution is 0.348. The summed E-state index contributed by atoms with van der Waals surface area (Å²) in [4.78, 5) is 0.328. The van der Waals surface area contributed by atoms with E-state index in [1.165, 1.54) is 4.31 Å². The second-order valence-corrected chi connectivity index (χ2v) is 7.97. The molecule has 2 rings (SSSR count). The SMILES string of the molecule is CCCNc1ccc(S(=O)(=O)N(Cc2ccccc2)C(C)C)cc1. The highest BCUT2D eigenvalue weighted by molar-refractivity contribution is 7.89. The first-order valence-electron chi connectivity index (χ1n) is 8.35. The highest BCUT2D eigenvalue weighted by Crippen LogP contribution is 2.22. The zero-order chi connectivity index (χ0) is 17.6. The third-order valence-electron chi connectivity index (χ3n) is 3.80. The summed E-state index contributed by atoms with van der Waals surface area (Å²) in [6.45, 7) is 7.14. The molecule has 0 radical (unpaired) electrons. The van der Waals surface area contributed by atoms with Crippen LogP contribution >= 0.6 is 0 Å². The van der Waals surface area contributed by atoms with Gasteiger partial charge in [0.1, 0.15) is 0 Å². The normalized spacial score (nSPS) is 11.9. The van der Waals surface area contributed by atoms with Crippen LogP contribution in [0.5, 0.6) is 0 Å². The molecule has 2 aromatic rings. The van der Waals surface area contributed by atoms with Crippen molar-refractivity contribution in [3.8, 4) is 0 Å². The average molecular weight is 346 g/mol. The Morgan fingerprint density at radius 1 is 1.00 bits per heavy atom. The van der Waals surface area contributed by atoms with Crippen molar-refractivity contribution in [1.29, 1.82) is 0 Å². The lowest BCUT2D eigenvalue weighted by atomic mass is 10.2. The number of sulfonamides is 1. The van der Waals surface area contributed by atoms with Crippen LogP contribution in [0, 0.1) is 0 Å². The Balaban J connectivity index is 2.24. The Kier molecular flexibility index (Phi) is 6.40. The molecule has 0 spiro atoms. The van der Waals surface area contributed by atoms with Gasteiger partial charge in [0.25, 0.3) is 0 Å². The van der Waals surface area contributed by atoms with E-state index < -0.39 is 10.0 Å². The maximum Gasteiger partial charge on any atom is 0.243 e. The molecule has 5 heteroatoms. The molecule has 0 bridgehead atoms. The Labute approximate surface area is 145 Å². The molecule has 0 aliphatic heterocycles. The van der Waals surface area contributed by atoms with Crippen LogP contribution in [0.1, 0.15) is 32.8 Å². The van der Waals surface area contributed by atoms with E-state index in [2.05, 4.69) is 12.2 Å². The summed E-state index contributed by atoms with van der Waals surface area (Å²) in [5.41, 5.74) is 1.92. The first-order valence-corrected chi connectivity index (χ1v) is 9.79. The monoisotopic (exact) mass is 346 g/mol. The van der Waals surface area contributed by atoms with Crippen LogP contribution in [0.15, 0.2) is 59.5 Å². The smallest absolute Gasteiger partial charge is 0.243 e. The van der Waals surface area contributed by atoms with Crippen LogP contribution in [0.2, 0.25) is 0 Å². The fourth-order valence-corrected chi connectivity index (χ4v) is 4.08. The summed E-state index contributed by atoms with van der Waals surface area (Å²) in [6, 6.07) is 16.6. The lowest BCUT2D eigenvalue weighted by Gasteiger charge is -2.26. The van der Waals surface area contributed by atoms with Crippen molar-refractivity contribution >= 4 is 15.7 Å². The van der Waals surface area contributed by atoms with Gasteiger partial charge in [-0.05, 0) is 50.1 Å². The maximum atomic E-state index is 13.0. The molecule has 0 heterocycles. The van der Waals surface area contributed by atoms with Crippen LogP contribution in [0.3, 0.4) is 0 Å². The molecule has 0 aliphatic rings. The number of rotatable bonds is 8. The lowest BCUT2D eigenvalue weighted by Crippen LogP contribution is -2.36. The van der Waals surface area contributed by atoms with E-state index in [0.29, 0.717) is 11.4 Å². The zero-order valence-corrected chi connectivity index (χ0v) is 15.4. The molecule has 0 saturated carbocycles. The van der Waals surface area contributed by atoms with Gasteiger partial charge in [-0.3, -0.25) is 0 Å². The van der Waals surface area contributed by atoms with E-state index in [1.807, 2.05) is 56.3 Å². The third-order valence-corrected chi connectivity index (χ3v) is 5.83. The summed E-state index contributed by atoms with van der Waals surface area (Å²) in [5.74, 6) is 0. The molecule has 0 amide bonds. The quantitative estimate of drug-likeness (QED) is 0.782. The summed E-state index contributed by atoms with van der Waals surface area (Å²) in [6.07, 6.45) is 1.03. The molecule has 1 N–H and O–H groups in total. The van der Waals surface area contributed by atoms with Crippen molar-refractivity contribution in [2.24, 2.45) is 0 Å². The standard InChI is InChI=1S/C19H26N2O2S/c1-4-14-20-18-10-12-19(13-11-18)24(22,23)21(16(2)3)15-17-8-6-5-7-9-17/h5-13,16,20H,4,14-15H2,1-3H3. The van der Waals surface area contributed by atoms with Gasteiger partial charge >= 0.3 is 0 Å². The van der Waals surface area contributed by atoms with Gasteiger partial charge in [-0.15, -0.1) is 0 Å². The second kappa shape index (κ2) is 8.31. The number of nitrogens with zero attached hydrogens (tertiary/aromatic N) is 1. The highest BCUT2D eigenvalue weighted by Gasteiger charge is 2.27. The minimum atomic E-state index is -3.53. The van der Waals surface area contributed by atoms with Gasteiger partial charge < -0.3 is 5.32 Å². The summed E-state index contributed by atoms with van der Waals surface area (Å²) >= 11 is 0. The van der Waals surface area contributed by atoms with Gasteiger partial charge in [0.05, 0.1) is 4.90 Å². The highest BCUT2D eigenvalue weighted by atomic mass is 32.2. The minimum absolute atomic E-state index is 0.118. The predicted octanol–water partition coefficient (Wildman–Crippen LogP) is 4.11. The van der Waals surface area contributed by atoms with E-state index in [0.717, 1.165) is 24.2 Å². The van der Waals surface area contributed by atoms with Crippen molar-refractivity contribution in [3.05, 3.63) is 60.2 Å². The number of hydrogen-bond donors (Lipinski definition) is 1. The van der Waals surface area contributed by atoms with E-state index in [1.54, 1.807) is 12.1 Å². The number of anilines is 1. The van der Waals surface area contributed by atoms with Gasteiger partial charge in [0.2, 0.25) is 10.0 Å². The first-order chi connectivity index (χ1) is 11.4. The molecule has 0 fully saturated rings. The Morgan fingerprint density at radius 3 is 2.17 bits per heavy atom. The summed E-state index contributed by atoms with van der Waals surface area (Å²) in [5, 5.41) is 3.26. The molecule has 0 saturated heterocycles. The Hall–Kier alpha value is -1.85. The Bertz CT molecular complexity index is 726. The maximum absolute atomic E-state index is 13.0. The fraction of sp³-hybridized carbons (Fsp3) is 0.368. The topological polar surface area (TPSA) is 49.4 Å². The fourth-order valence-electron chi connectivity index (χ4n) is 2.46. The molecule has 0 unspecified atom stereocenters. The van der Waals surface area contributed by atoms with E-state index in [9.17, 15) is 8.42 Å². The molecule has 0 aromatic heterocycles. The first kappa shape index (κ1) is 18.5. The minimum Gasteiger partial charge on any atom is -0.385 e. The predicted molar refractivity (Wildman–Crippen MR) is 99.5 cm³/mol. The molecule has 0 atom stereocenters. The molecule has 2 aromatic carbocycles. The molecular weight excluding hydrogens is 320 g/mol. The van der Waals surface area contributed by atoms with Gasteiger partial charge in [-0.25, -0.2) is 8.42 Å². The zero-order valence-electron chi connectivity index (χ0n) is 14.6. The number of nitrogens with one attached hydrogen (secondary N) is 1. The van der Waals surface area contributed by atoms with E-state index in [4.69, 9.17) is 0 Å². The molecular formula is C19H26N2O2S. The van der Waals surface area contributed by atoms with Crippen molar-refractivity contribution in [3.63, 3.8) is 0 Å². The van der Waals surface area contributed by atoms with Crippen molar-refractivity contribution in [2.75, 3.05) is 11.9 Å². The van der Waals surface area contributed by atoms with Crippen molar-refractivity contribution in [1.82, 2.24) is 4.31 Å². The summed E-state index contributed by atoms with van der Waals surface area (Å²) < 4.78 is 27.6. The largest absolute Gasteiger partial charge is 0.385 e. The number of hydrogen-bond acceptors (Lipinski definition) is 3. The molecule has 130 valence electrons. The van der Waals surface area contributed by atoms with Crippen LogP contribution < -0.4 is 5.32 Å². The van der Waals surface area contributed by atoms with Crippen LogP contribution in [-0.2, 0) is 16.6 Å². The summed E-state index contributed by atoms with van der Waals surface area (Å²) in [7, 11) is -3.53. The van der Waals surface area contributed by atoms with Crippen LogP contribution in [0.4, 0.5) is 5.69 Å². The van der Waals surface area contributed by atoms with E-state index >= 15 is 0 Å². The molecule has 4 nitrogen and oxygen atoms in total. The Morgan fingerprint density at radius 2 is 1.62 bits per heavy atom. The molecule has 24 heavy (non-hydrogen) atoms. The van der Waals surface area contributed by atoms with Gasteiger partial charge in [0, 0.05) is 24.8 Å². The second-order valence-electron chi connectivity index (χ2n) is 6.08. The molecule has 0 aliphatic carbocycles. The van der Waals surface area contributed by atoms with E-state index in [-0.39, 0.29) is 6.04 Å². The van der Waals surface area contributed by atoms with Gasteiger partial charge in [0.15, 0.2) is 0 Å². The van der Waals surface area contributed by atoms with Gasteiger partial charge in [-0.1, -0.05) is 37.3 Å². The average Bonchev–Trinajstić information content (AvgIpc) is 2.58. The number of benzene rings is 2. The van der Waals surface area contributed by atoms with Crippen molar-refractivity contribution < 1.29 is 8.42 Å². The third kappa shape index (κ3) is 4.58. The van der Waals surface area contributed by atoms with Crippen LogP contribution in [-0.4, -0.2) is 25.3 Å².